The maximum atomic E-state index is 4.09. The van der Waals surface area contributed by atoms with Gasteiger partial charge in [-0.2, -0.15) is 0 Å². The summed E-state index contributed by atoms with van der Waals surface area (Å²) < 4.78 is 0. The highest BCUT2D eigenvalue weighted by molar-refractivity contribution is 4.98. The topological polar surface area (TPSA) is 3.24 Å². The molecular weight excluding hydrogens is 146 g/mol. The molecule has 1 aliphatic rings. The molecule has 1 rings (SSSR count). The zero-order valence-corrected chi connectivity index (χ0v) is 8.64. The predicted molar refractivity (Wildman–Crippen MR) is 53.9 cm³/mol. The van der Waals surface area contributed by atoms with Gasteiger partial charge < -0.3 is 4.90 Å². The van der Waals surface area contributed by atoms with E-state index in [1.807, 2.05) is 0 Å². The maximum absolute atomic E-state index is 4.09. The van der Waals surface area contributed by atoms with Crippen molar-refractivity contribution in [2.75, 3.05) is 13.1 Å². The monoisotopic (exact) mass is 167 g/mol. The minimum atomic E-state index is 0.826. The first-order chi connectivity index (χ1) is 5.65. The Kier molecular flexibility index (Phi) is 3.19. The molecule has 1 atom stereocenters. The molecule has 0 aromatic heterocycles. The second kappa shape index (κ2) is 3.97. The van der Waals surface area contributed by atoms with Crippen LogP contribution in [-0.2, 0) is 0 Å². The summed E-state index contributed by atoms with van der Waals surface area (Å²) in [5, 5.41) is 0. The molecule has 0 saturated carbocycles. The van der Waals surface area contributed by atoms with E-state index in [0.29, 0.717) is 0 Å². The van der Waals surface area contributed by atoms with Crippen molar-refractivity contribution >= 4 is 0 Å². The highest BCUT2D eigenvalue weighted by Crippen LogP contribution is 2.27. The number of likely N-dealkylation sites (tertiary alicyclic amines) is 1. The van der Waals surface area contributed by atoms with Crippen LogP contribution in [0.2, 0.25) is 0 Å². The van der Waals surface area contributed by atoms with Gasteiger partial charge in [-0.3, -0.25) is 0 Å². The third-order valence-electron chi connectivity index (χ3n) is 3.03. The second-order valence-corrected chi connectivity index (χ2v) is 4.15. The van der Waals surface area contributed by atoms with Crippen LogP contribution >= 0.6 is 0 Å². The number of nitrogens with zero attached hydrogens (tertiary/aromatic N) is 1. The van der Waals surface area contributed by atoms with Gasteiger partial charge in [-0.25, -0.2) is 0 Å². The van der Waals surface area contributed by atoms with Gasteiger partial charge in [0.15, 0.2) is 0 Å². The van der Waals surface area contributed by atoms with Gasteiger partial charge >= 0.3 is 0 Å². The van der Waals surface area contributed by atoms with E-state index < -0.39 is 0 Å². The molecule has 1 nitrogen and oxygen atoms in total. The van der Waals surface area contributed by atoms with Crippen molar-refractivity contribution in [3.8, 4) is 0 Å². The average molecular weight is 167 g/mol. The van der Waals surface area contributed by atoms with Gasteiger partial charge in [0.25, 0.3) is 0 Å². The summed E-state index contributed by atoms with van der Waals surface area (Å²) in [6.45, 7) is 13.3. The lowest BCUT2D eigenvalue weighted by molar-refractivity contribution is 0.195. The van der Waals surface area contributed by atoms with Gasteiger partial charge in [-0.15, -0.1) is 0 Å². The summed E-state index contributed by atoms with van der Waals surface area (Å²) in [6.07, 6.45) is 2.55. The Hall–Kier alpha value is -0.460. The smallest absolute Gasteiger partial charge is 0.0205 e. The summed E-state index contributed by atoms with van der Waals surface area (Å²) in [4.78, 5) is 2.42. The highest BCUT2D eigenvalue weighted by atomic mass is 15.1. The molecule has 1 heterocycles. The first-order valence-electron chi connectivity index (χ1n) is 5.07. The summed E-state index contributed by atoms with van der Waals surface area (Å²) in [5.41, 5.74) is 1.34. The van der Waals surface area contributed by atoms with Crippen molar-refractivity contribution in [2.45, 2.75) is 33.6 Å². The highest BCUT2D eigenvalue weighted by Gasteiger charge is 2.22. The molecule has 1 fully saturated rings. The van der Waals surface area contributed by atoms with Crippen LogP contribution in [0.1, 0.15) is 33.6 Å². The molecule has 0 aliphatic carbocycles. The van der Waals surface area contributed by atoms with Crippen LogP contribution in [0, 0.1) is 11.8 Å². The number of piperidine rings is 1. The molecule has 0 N–H and O–H groups in total. The van der Waals surface area contributed by atoms with E-state index in [2.05, 4.69) is 32.3 Å². The summed E-state index contributed by atoms with van der Waals surface area (Å²) in [6, 6.07) is 0. The van der Waals surface area contributed by atoms with E-state index in [9.17, 15) is 0 Å². The van der Waals surface area contributed by atoms with Gasteiger partial charge in [0.1, 0.15) is 0 Å². The van der Waals surface area contributed by atoms with Crippen molar-refractivity contribution in [2.24, 2.45) is 11.8 Å². The summed E-state index contributed by atoms with van der Waals surface area (Å²) in [5.74, 6) is 1.71. The van der Waals surface area contributed by atoms with Crippen LogP contribution in [0.15, 0.2) is 12.3 Å². The lowest BCUT2D eigenvalue weighted by Gasteiger charge is -2.37. The molecule has 0 aromatic carbocycles. The molecule has 0 radical (unpaired) electrons. The molecular formula is C11H21N. The van der Waals surface area contributed by atoms with Crippen molar-refractivity contribution in [1.82, 2.24) is 4.90 Å². The fourth-order valence-electron chi connectivity index (χ4n) is 1.91. The van der Waals surface area contributed by atoms with Crippen molar-refractivity contribution in [1.29, 1.82) is 0 Å². The van der Waals surface area contributed by atoms with E-state index >= 15 is 0 Å². The molecule has 0 aromatic rings. The molecule has 70 valence electrons. The van der Waals surface area contributed by atoms with Crippen LogP contribution in [0.5, 0.6) is 0 Å². The largest absolute Gasteiger partial charge is 0.375 e. The summed E-state index contributed by atoms with van der Waals surface area (Å²) >= 11 is 0. The van der Waals surface area contributed by atoms with Crippen LogP contribution in [-0.4, -0.2) is 18.0 Å². The molecule has 12 heavy (non-hydrogen) atoms. The molecule has 0 amide bonds. The summed E-state index contributed by atoms with van der Waals surface area (Å²) in [7, 11) is 0. The van der Waals surface area contributed by atoms with Gasteiger partial charge in [-0.1, -0.05) is 20.4 Å². The van der Waals surface area contributed by atoms with Gasteiger partial charge in [0.05, 0.1) is 0 Å². The third-order valence-corrected chi connectivity index (χ3v) is 3.03. The van der Waals surface area contributed by atoms with Crippen molar-refractivity contribution in [3.05, 3.63) is 12.3 Å². The van der Waals surface area contributed by atoms with Crippen molar-refractivity contribution < 1.29 is 0 Å². The van der Waals surface area contributed by atoms with Gasteiger partial charge in [0, 0.05) is 18.8 Å². The first-order valence-corrected chi connectivity index (χ1v) is 5.07. The molecule has 0 spiro atoms. The van der Waals surface area contributed by atoms with E-state index in [1.165, 1.54) is 25.1 Å². The standard InChI is InChI=1S/C11H21N/c1-5-12-8-11(9(2)3)7-6-10(12)4/h9,11H,4-8H2,1-3H3. The number of allylic oxidation sites excluding steroid dienone is 1. The molecule has 1 heteroatoms. The van der Waals surface area contributed by atoms with Crippen LogP contribution < -0.4 is 0 Å². The molecule has 1 aliphatic heterocycles. The average Bonchev–Trinajstić information content (AvgIpc) is 2.05. The Bertz CT molecular complexity index is 160. The van der Waals surface area contributed by atoms with E-state index in [1.54, 1.807) is 0 Å². The molecule has 1 unspecified atom stereocenters. The lowest BCUT2D eigenvalue weighted by Crippen LogP contribution is -2.35. The van der Waals surface area contributed by atoms with Crippen LogP contribution in [0.4, 0.5) is 0 Å². The third kappa shape index (κ3) is 2.02. The Morgan fingerprint density at radius 3 is 2.75 bits per heavy atom. The minimum Gasteiger partial charge on any atom is -0.375 e. The normalized spacial score (nSPS) is 25.2. The number of rotatable bonds is 2. The predicted octanol–water partition coefficient (Wildman–Crippen LogP) is 2.89. The lowest BCUT2D eigenvalue weighted by atomic mass is 9.87. The zero-order chi connectivity index (χ0) is 9.14. The minimum absolute atomic E-state index is 0.826. The zero-order valence-electron chi connectivity index (χ0n) is 8.64. The van der Waals surface area contributed by atoms with E-state index in [4.69, 9.17) is 0 Å². The maximum Gasteiger partial charge on any atom is 0.0205 e. The van der Waals surface area contributed by atoms with Gasteiger partial charge in [0.2, 0.25) is 0 Å². The van der Waals surface area contributed by atoms with Crippen molar-refractivity contribution in [3.63, 3.8) is 0 Å². The number of hydrogen-bond donors (Lipinski definition) is 0. The Balaban J connectivity index is 2.49. The Morgan fingerprint density at radius 2 is 2.25 bits per heavy atom. The van der Waals surface area contributed by atoms with Gasteiger partial charge in [-0.05, 0) is 31.6 Å². The van der Waals surface area contributed by atoms with Crippen LogP contribution in [0.3, 0.4) is 0 Å². The van der Waals surface area contributed by atoms with E-state index in [-0.39, 0.29) is 0 Å². The number of hydrogen-bond acceptors (Lipinski definition) is 1. The van der Waals surface area contributed by atoms with Crippen LogP contribution in [0.25, 0.3) is 0 Å². The Morgan fingerprint density at radius 1 is 1.58 bits per heavy atom. The quantitative estimate of drug-likeness (QED) is 0.611. The second-order valence-electron chi connectivity index (χ2n) is 4.15. The molecule has 0 bridgehead atoms. The first kappa shape index (κ1) is 9.63. The van der Waals surface area contributed by atoms with E-state index in [0.717, 1.165) is 18.4 Å². The fraction of sp³-hybridized carbons (Fsp3) is 0.818. The Labute approximate surface area is 76.5 Å². The SMILES string of the molecule is C=C1CCC(C(C)C)CN1CC. The fourth-order valence-corrected chi connectivity index (χ4v) is 1.91. The molecule has 1 saturated heterocycles.